The van der Waals surface area contributed by atoms with Crippen LogP contribution in [0, 0.1) is 12.3 Å². The number of hydrogen-bond acceptors (Lipinski definition) is 4. The average molecular weight is 328 g/mol. The van der Waals surface area contributed by atoms with E-state index in [9.17, 15) is 9.90 Å². The van der Waals surface area contributed by atoms with Crippen molar-refractivity contribution in [3.05, 3.63) is 41.6 Å². The van der Waals surface area contributed by atoms with E-state index in [1.54, 1.807) is 21.0 Å². The summed E-state index contributed by atoms with van der Waals surface area (Å²) in [7, 11) is 3.46. The van der Waals surface area contributed by atoms with E-state index in [1.165, 1.54) is 0 Å². The lowest BCUT2D eigenvalue weighted by Gasteiger charge is -2.20. The highest BCUT2D eigenvalue weighted by Gasteiger charge is 2.27. The van der Waals surface area contributed by atoms with Crippen molar-refractivity contribution in [3.63, 3.8) is 0 Å². The van der Waals surface area contributed by atoms with Crippen LogP contribution in [0.1, 0.15) is 25.1 Å². The maximum Gasteiger partial charge on any atom is 0.309 e. The number of rotatable bonds is 6. The predicted molar refractivity (Wildman–Crippen MR) is 95.6 cm³/mol. The summed E-state index contributed by atoms with van der Waals surface area (Å²) in [6.07, 6.45) is 0.445. The van der Waals surface area contributed by atoms with Crippen LogP contribution < -0.4 is 10.1 Å². The van der Waals surface area contributed by atoms with Crippen LogP contribution in [0.4, 0.5) is 5.82 Å². The van der Waals surface area contributed by atoms with Crippen LogP contribution >= 0.6 is 0 Å². The zero-order valence-corrected chi connectivity index (χ0v) is 14.8. The van der Waals surface area contributed by atoms with E-state index in [2.05, 4.69) is 10.3 Å². The molecule has 0 amide bonds. The highest BCUT2D eigenvalue weighted by molar-refractivity contribution is 5.76. The van der Waals surface area contributed by atoms with Crippen molar-refractivity contribution in [1.29, 1.82) is 0 Å². The van der Waals surface area contributed by atoms with Gasteiger partial charge in [-0.1, -0.05) is 6.07 Å². The van der Waals surface area contributed by atoms with Gasteiger partial charge in [-0.25, -0.2) is 4.98 Å². The second-order valence-corrected chi connectivity index (χ2v) is 6.48. The third-order valence-electron chi connectivity index (χ3n) is 4.12. The highest BCUT2D eigenvalue weighted by atomic mass is 16.5. The molecule has 1 aromatic carbocycles. The lowest BCUT2D eigenvalue weighted by molar-refractivity contribution is -0.146. The van der Waals surface area contributed by atoms with E-state index in [-0.39, 0.29) is 0 Å². The van der Waals surface area contributed by atoms with E-state index < -0.39 is 11.4 Å². The Morgan fingerprint density at radius 3 is 2.50 bits per heavy atom. The van der Waals surface area contributed by atoms with Crippen molar-refractivity contribution in [3.8, 4) is 16.9 Å². The second-order valence-electron chi connectivity index (χ2n) is 6.48. The van der Waals surface area contributed by atoms with Gasteiger partial charge in [0.25, 0.3) is 0 Å². The van der Waals surface area contributed by atoms with Gasteiger partial charge in [-0.2, -0.15) is 0 Å². The first kappa shape index (κ1) is 17.8. The molecule has 128 valence electrons. The Bertz CT molecular complexity index is 754. The van der Waals surface area contributed by atoms with Crippen molar-refractivity contribution in [2.45, 2.75) is 27.2 Å². The molecule has 0 saturated carbocycles. The number of aromatic nitrogens is 1. The molecule has 1 aromatic heterocycles. The first-order chi connectivity index (χ1) is 11.3. The van der Waals surface area contributed by atoms with Crippen LogP contribution in [-0.4, -0.2) is 30.2 Å². The third-order valence-corrected chi connectivity index (χ3v) is 4.12. The van der Waals surface area contributed by atoms with Gasteiger partial charge in [0.1, 0.15) is 11.6 Å². The van der Waals surface area contributed by atoms with E-state index in [1.807, 2.05) is 44.3 Å². The maximum atomic E-state index is 11.4. The Morgan fingerprint density at radius 1 is 1.25 bits per heavy atom. The van der Waals surface area contributed by atoms with E-state index in [0.717, 1.165) is 34.0 Å². The molecule has 0 saturated heterocycles. The van der Waals surface area contributed by atoms with Crippen LogP contribution in [0.2, 0.25) is 0 Å². The molecule has 0 bridgehead atoms. The minimum atomic E-state index is -0.824. The van der Waals surface area contributed by atoms with Crippen molar-refractivity contribution in [1.82, 2.24) is 4.98 Å². The number of carboxylic acids is 1. The molecule has 0 unspecified atom stereocenters. The molecule has 0 aliphatic carbocycles. The molecular weight excluding hydrogens is 304 g/mol. The monoisotopic (exact) mass is 328 g/mol. The van der Waals surface area contributed by atoms with Crippen LogP contribution in [-0.2, 0) is 11.2 Å². The van der Waals surface area contributed by atoms with Crippen LogP contribution in [0.25, 0.3) is 11.1 Å². The summed E-state index contributed by atoms with van der Waals surface area (Å²) in [5, 5.41) is 12.4. The minimum absolute atomic E-state index is 0.445. The molecule has 0 spiro atoms. The van der Waals surface area contributed by atoms with Crippen molar-refractivity contribution in [2.75, 3.05) is 19.5 Å². The normalized spacial score (nSPS) is 11.2. The summed E-state index contributed by atoms with van der Waals surface area (Å²) in [5.41, 5.74) is 2.91. The first-order valence-electron chi connectivity index (χ1n) is 7.84. The van der Waals surface area contributed by atoms with Crippen LogP contribution in [0.3, 0.4) is 0 Å². The largest absolute Gasteiger partial charge is 0.496 e. The lowest BCUT2D eigenvalue weighted by atomic mass is 9.85. The molecule has 5 nitrogen and oxygen atoms in total. The van der Waals surface area contributed by atoms with Gasteiger partial charge in [0, 0.05) is 23.9 Å². The number of methoxy groups -OCH3 is 1. The Morgan fingerprint density at radius 2 is 1.96 bits per heavy atom. The van der Waals surface area contributed by atoms with Gasteiger partial charge in [-0.05, 0) is 57.0 Å². The predicted octanol–water partition coefficient (Wildman–Crippen LogP) is 3.76. The summed E-state index contributed by atoms with van der Waals surface area (Å²) in [6, 6.07) is 9.70. The zero-order chi connectivity index (χ0) is 17.9. The standard InChI is InChI=1S/C19H24N2O3/c1-12-14(7-9-17(20-4)21-12)15-10-13(6-8-16(15)24-5)11-19(2,3)18(22)23/h6-10H,11H2,1-5H3,(H,20,21)(H,22,23). The number of aryl methyl sites for hydroxylation is 1. The number of carboxylic acid groups (broad SMARTS) is 1. The second kappa shape index (κ2) is 6.91. The number of pyridine rings is 1. The maximum absolute atomic E-state index is 11.4. The molecule has 0 atom stereocenters. The molecule has 5 heteroatoms. The van der Waals surface area contributed by atoms with Crippen LogP contribution in [0.5, 0.6) is 5.75 Å². The fourth-order valence-corrected chi connectivity index (χ4v) is 2.65. The minimum Gasteiger partial charge on any atom is -0.496 e. The molecule has 2 rings (SSSR count). The smallest absolute Gasteiger partial charge is 0.309 e. The van der Waals surface area contributed by atoms with Gasteiger partial charge in [-0.15, -0.1) is 0 Å². The summed E-state index contributed by atoms with van der Waals surface area (Å²) >= 11 is 0. The summed E-state index contributed by atoms with van der Waals surface area (Å²) in [5.74, 6) is 0.739. The zero-order valence-electron chi connectivity index (χ0n) is 14.8. The Kier molecular flexibility index (Phi) is 5.12. The first-order valence-corrected chi connectivity index (χ1v) is 7.84. The van der Waals surface area contributed by atoms with Crippen LogP contribution in [0.15, 0.2) is 30.3 Å². The number of anilines is 1. The number of aliphatic carboxylic acids is 1. The topological polar surface area (TPSA) is 71.5 Å². The molecule has 1 heterocycles. The number of ether oxygens (including phenoxy) is 1. The Balaban J connectivity index is 2.49. The van der Waals surface area contributed by atoms with Gasteiger partial charge in [-0.3, -0.25) is 4.79 Å². The van der Waals surface area contributed by atoms with Crippen molar-refractivity contribution in [2.24, 2.45) is 5.41 Å². The summed E-state index contributed by atoms with van der Waals surface area (Å²) < 4.78 is 5.48. The molecule has 2 N–H and O–H groups in total. The Labute approximate surface area is 142 Å². The summed E-state index contributed by atoms with van der Waals surface area (Å²) in [4.78, 5) is 15.9. The SMILES string of the molecule is CNc1ccc(-c2cc(CC(C)(C)C(=O)O)ccc2OC)c(C)n1. The third kappa shape index (κ3) is 3.67. The van der Waals surface area contributed by atoms with Gasteiger partial charge >= 0.3 is 5.97 Å². The summed E-state index contributed by atoms with van der Waals surface area (Å²) in [6.45, 7) is 5.41. The number of nitrogens with one attached hydrogen (secondary N) is 1. The average Bonchev–Trinajstić information content (AvgIpc) is 2.54. The molecule has 2 aromatic rings. The fourth-order valence-electron chi connectivity index (χ4n) is 2.65. The number of nitrogens with zero attached hydrogens (tertiary/aromatic N) is 1. The Hall–Kier alpha value is -2.56. The molecule has 0 radical (unpaired) electrons. The number of benzene rings is 1. The molecule has 0 aliphatic heterocycles. The van der Waals surface area contributed by atoms with Gasteiger partial charge in [0.15, 0.2) is 0 Å². The highest BCUT2D eigenvalue weighted by Crippen LogP contribution is 2.34. The molecule has 0 aliphatic rings. The fraction of sp³-hybridized carbons (Fsp3) is 0.368. The number of carbonyl (C=O) groups is 1. The van der Waals surface area contributed by atoms with E-state index in [0.29, 0.717) is 6.42 Å². The molecular formula is C19H24N2O3. The van der Waals surface area contributed by atoms with Crippen molar-refractivity contribution < 1.29 is 14.6 Å². The quantitative estimate of drug-likeness (QED) is 0.845. The van der Waals surface area contributed by atoms with Gasteiger partial charge < -0.3 is 15.2 Å². The number of hydrogen-bond donors (Lipinski definition) is 2. The van der Waals surface area contributed by atoms with Gasteiger partial charge in [0.05, 0.1) is 12.5 Å². The van der Waals surface area contributed by atoms with E-state index in [4.69, 9.17) is 4.74 Å². The molecule has 0 fully saturated rings. The lowest BCUT2D eigenvalue weighted by Crippen LogP contribution is -2.26. The van der Waals surface area contributed by atoms with Crippen molar-refractivity contribution >= 4 is 11.8 Å². The molecule has 24 heavy (non-hydrogen) atoms. The van der Waals surface area contributed by atoms with Gasteiger partial charge in [0.2, 0.25) is 0 Å². The van der Waals surface area contributed by atoms with E-state index >= 15 is 0 Å².